The first-order valence-corrected chi connectivity index (χ1v) is 10.1. The zero-order chi connectivity index (χ0) is 21.8. The van der Waals surface area contributed by atoms with E-state index in [1.807, 2.05) is 18.2 Å². The second-order valence-electron chi connectivity index (χ2n) is 7.11. The van der Waals surface area contributed by atoms with Crippen LogP contribution in [0.1, 0.15) is 10.5 Å². The Morgan fingerprint density at radius 1 is 1.00 bits per heavy atom. The number of nitrogens with one attached hydrogen (secondary N) is 2. The molecule has 0 radical (unpaired) electrons. The highest BCUT2D eigenvalue weighted by atomic mass is 16.5. The smallest absolute Gasteiger partial charge is 0.277 e. The molecular formula is C22H20N6O4. The summed E-state index contributed by atoms with van der Waals surface area (Å²) in [6.45, 7) is 3.07. The van der Waals surface area contributed by atoms with Crippen LogP contribution >= 0.6 is 0 Å². The molecule has 3 aromatic heterocycles. The molecule has 1 aromatic carbocycles. The summed E-state index contributed by atoms with van der Waals surface area (Å²) < 4.78 is 15.8. The maximum absolute atomic E-state index is 12.4. The number of ether oxygens (including phenoxy) is 1. The Morgan fingerprint density at radius 3 is 2.59 bits per heavy atom. The second-order valence-corrected chi connectivity index (χ2v) is 7.11. The van der Waals surface area contributed by atoms with Gasteiger partial charge in [0.2, 0.25) is 5.76 Å². The van der Waals surface area contributed by atoms with Crippen LogP contribution in [0.2, 0.25) is 0 Å². The molecule has 1 saturated heterocycles. The van der Waals surface area contributed by atoms with Crippen molar-refractivity contribution in [3.8, 4) is 11.5 Å². The van der Waals surface area contributed by atoms with Gasteiger partial charge < -0.3 is 29.2 Å². The van der Waals surface area contributed by atoms with E-state index in [9.17, 15) is 4.79 Å². The molecule has 1 amide bonds. The second kappa shape index (κ2) is 8.90. The monoisotopic (exact) mass is 432 g/mol. The average molecular weight is 432 g/mol. The van der Waals surface area contributed by atoms with Crippen LogP contribution in [0.5, 0.6) is 0 Å². The van der Waals surface area contributed by atoms with Gasteiger partial charge in [-0.2, -0.15) is 5.10 Å². The van der Waals surface area contributed by atoms with Crippen LogP contribution in [0.4, 0.5) is 22.9 Å². The van der Waals surface area contributed by atoms with Gasteiger partial charge in [0.1, 0.15) is 0 Å². The number of furan rings is 1. The van der Waals surface area contributed by atoms with E-state index in [1.54, 1.807) is 30.5 Å². The van der Waals surface area contributed by atoms with E-state index in [2.05, 4.69) is 30.9 Å². The van der Waals surface area contributed by atoms with Gasteiger partial charge in [0.15, 0.2) is 17.3 Å². The highest BCUT2D eigenvalue weighted by molar-refractivity contribution is 6.03. The van der Waals surface area contributed by atoms with Crippen LogP contribution in [-0.2, 0) is 4.74 Å². The minimum Gasteiger partial charge on any atom is -0.461 e. The lowest BCUT2D eigenvalue weighted by molar-refractivity contribution is 0.101. The highest BCUT2D eigenvalue weighted by Gasteiger charge is 2.16. The summed E-state index contributed by atoms with van der Waals surface area (Å²) in [7, 11) is 0. The Labute approximate surface area is 183 Å². The van der Waals surface area contributed by atoms with Crippen molar-refractivity contribution in [3.63, 3.8) is 0 Å². The number of anilines is 4. The fourth-order valence-electron chi connectivity index (χ4n) is 3.31. The summed E-state index contributed by atoms with van der Waals surface area (Å²) in [4.78, 5) is 14.7. The van der Waals surface area contributed by atoms with E-state index in [0.29, 0.717) is 36.2 Å². The molecular weight excluding hydrogens is 412 g/mol. The quantitative estimate of drug-likeness (QED) is 0.471. The number of hydrogen-bond acceptors (Lipinski definition) is 9. The molecule has 0 bridgehead atoms. The first-order chi connectivity index (χ1) is 15.7. The van der Waals surface area contributed by atoms with E-state index in [0.717, 1.165) is 24.5 Å². The average Bonchev–Trinajstić information content (AvgIpc) is 3.53. The third-order valence-corrected chi connectivity index (χ3v) is 4.94. The maximum atomic E-state index is 12.4. The standard InChI is InChI=1S/C22H20N6O4/c29-22(18-13-20(32-27-18)19-2-1-9-31-19)25-16-5-3-15(4-6-16)24-21-12-17(14-23-26-21)28-7-10-30-11-8-28/h1-6,9,12-14H,7-8,10-11H2,(H,24,26)(H,25,29). The van der Waals surface area contributed by atoms with Crippen molar-refractivity contribution in [3.05, 3.63) is 66.7 Å². The third kappa shape index (κ3) is 4.44. The Morgan fingerprint density at radius 2 is 1.81 bits per heavy atom. The molecule has 0 spiro atoms. The zero-order valence-corrected chi connectivity index (χ0v) is 17.0. The van der Waals surface area contributed by atoms with Crippen molar-refractivity contribution in [2.45, 2.75) is 0 Å². The predicted octanol–water partition coefficient (Wildman–Crippen LogP) is 3.56. The molecule has 1 aliphatic heterocycles. The zero-order valence-electron chi connectivity index (χ0n) is 17.0. The van der Waals surface area contributed by atoms with Crippen molar-refractivity contribution in [2.24, 2.45) is 0 Å². The van der Waals surface area contributed by atoms with Crippen LogP contribution in [0.3, 0.4) is 0 Å². The van der Waals surface area contributed by atoms with Crippen LogP contribution in [-0.4, -0.2) is 47.6 Å². The lowest BCUT2D eigenvalue weighted by Gasteiger charge is -2.28. The van der Waals surface area contributed by atoms with E-state index < -0.39 is 0 Å². The Bertz CT molecular complexity index is 1180. The van der Waals surface area contributed by atoms with Crippen molar-refractivity contribution < 1.29 is 18.5 Å². The number of benzene rings is 1. The molecule has 2 N–H and O–H groups in total. The van der Waals surface area contributed by atoms with Gasteiger partial charge in [-0.15, -0.1) is 5.10 Å². The maximum Gasteiger partial charge on any atom is 0.277 e. The van der Waals surface area contributed by atoms with Crippen LogP contribution < -0.4 is 15.5 Å². The number of rotatable bonds is 6. The van der Waals surface area contributed by atoms with Gasteiger partial charge >= 0.3 is 0 Å². The van der Waals surface area contributed by atoms with E-state index >= 15 is 0 Å². The van der Waals surface area contributed by atoms with Gasteiger partial charge in [-0.1, -0.05) is 5.16 Å². The third-order valence-electron chi connectivity index (χ3n) is 4.94. The summed E-state index contributed by atoms with van der Waals surface area (Å²) in [6, 6.07) is 14.2. The molecule has 0 aliphatic carbocycles. The first kappa shape index (κ1) is 19.8. The largest absolute Gasteiger partial charge is 0.461 e. The number of nitrogens with zero attached hydrogens (tertiary/aromatic N) is 4. The van der Waals surface area contributed by atoms with Gasteiger partial charge in [0.25, 0.3) is 5.91 Å². The summed E-state index contributed by atoms with van der Waals surface area (Å²) in [6.07, 6.45) is 3.27. The molecule has 0 saturated carbocycles. The van der Waals surface area contributed by atoms with Gasteiger partial charge in [0, 0.05) is 36.6 Å². The summed E-state index contributed by atoms with van der Waals surface area (Å²) in [5.41, 5.74) is 2.60. The van der Waals surface area contributed by atoms with Crippen molar-refractivity contribution >= 4 is 28.8 Å². The lowest BCUT2D eigenvalue weighted by Crippen LogP contribution is -2.36. The minimum atomic E-state index is -0.378. The van der Waals surface area contributed by atoms with Crippen molar-refractivity contribution in [1.82, 2.24) is 15.4 Å². The van der Waals surface area contributed by atoms with E-state index in [4.69, 9.17) is 13.7 Å². The minimum absolute atomic E-state index is 0.161. The Balaban J connectivity index is 1.21. The van der Waals surface area contributed by atoms with Crippen molar-refractivity contribution in [1.29, 1.82) is 0 Å². The molecule has 5 rings (SSSR count). The number of carbonyl (C=O) groups is 1. The predicted molar refractivity (Wildman–Crippen MR) is 117 cm³/mol. The van der Waals surface area contributed by atoms with Gasteiger partial charge in [-0.3, -0.25) is 4.79 Å². The Hall–Kier alpha value is -4.18. The molecule has 1 aliphatic rings. The number of morpholine rings is 1. The molecule has 4 heterocycles. The fourth-order valence-corrected chi connectivity index (χ4v) is 3.31. The number of carbonyl (C=O) groups excluding carboxylic acids is 1. The summed E-state index contributed by atoms with van der Waals surface area (Å²) >= 11 is 0. The molecule has 0 atom stereocenters. The normalized spacial score (nSPS) is 13.7. The molecule has 0 unspecified atom stereocenters. The van der Waals surface area contributed by atoms with E-state index in [1.165, 1.54) is 12.3 Å². The Kier molecular flexibility index (Phi) is 5.50. The number of amides is 1. The topological polar surface area (TPSA) is 119 Å². The molecule has 4 aromatic rings. The van der Waals surface area contributed by atoms with Gasteiger partial charge in [-0.05, 0) is 36.4 Å². The van der Waals surface area contributed by atoms with Crippen molar-refractivity contribution in [2.75, 3.05) is 41.8 Å². The molecule has 162 valence electrons. The lowest BCUT2D eigenvalue weighted by atomic mass is 10.2. The van der Waals surface area contributed by atoms with Gasteiger partial charge in [0.05, 0.1) is 31.4 Å². The number of aromatic nitrogens is 3. The molecule has 32 heavy (non-hydrogen) atoms. The summed E-state index contributed by atoms with van der Waals surface area (Å²) in [5.74, 6) is 1.16. The first-order valence-electron chi connectivity index (χ1n) is 10.1. The van der Waals surface area contributed by atoms with Gasteiger partial charge in [-0.25, -0.2) is 0 Å². The SMILES string of the molecule is O=C(Nc1ccc(Nc2cc(N3CCOCC3)cnn2)cc1)c1cc(-c2ccco2)on1. The molecule has 10 heteroatoms. The van der Waals surface area contributed by atoms with Crippen LogP contribution in [0.15, 0.2) is 69.9 Å². The fraction of sp³-hybridized carbons (Fsp3) is 0.182. The van der Waals surface area contributed by atoms with Crippen LogP contribution in [0, 0.1) is 0 Å². The molecule has 1 fully saturated rings. The summed E-state index contributed by atoms with van der Waals surface area (Å²) in [5, 5.41) is 18.1. The highest BCUT2D eigenvalue weighted by Crippen LogP contribution is 2.23. The molecule has 10 nitrogen and oxygen atoms in total. The van der Waals surface area contributed by atoms with E-state index in [-0.39, 0.29) is 11.6 Å². The number of hydrogen-bond donors (Lipinski definition) is 2. The van der Waals surface area contributed by atoms with Crippen LogP contribution in [0.25, 0.3) is 11.5 Å².